The van der Waals surface area contributed by atoms with E-state index in [4.69, 9.17) is 0 Å². The Labute approximate surface area is 135 Å². The monoisotopic (exact) mass is 296 g/mol. The summed E-state index contributed by atoms with van der Waals surface area (Å²) in [6, 6.07) is 8.85. The molecule has 1 aromatic rings. The molecule has 2 heteroatoms. The van der Waals surface area contributed by atoms with Gasteiger partial charge in [-0.3, -0.25) is 4.90 Å². The Balaban J connectivity index is 1.43. The highest BCUT2D eigenvalue weighted by molar-refractivity contribution is 5.36. The summed E-state index contributed by atoms with van der Waals surface area (Å²) in [7, 11) is 0. The minimum Gasteiger partial charge on any atom is -0.302 e. The number of benzene rings is 1. The minimum atomic E-state index is 0.996. The van der Waals surface area contributed by atoms with Gasteiger partial charge in [-0.05, 0) is 69.6 Å². The standard InChI is InChI=1S/C20H28N2/c1-3-13-21(14-4-1)15-5-2-8-19-9-11-20(12-10-19)18-22-16-6-7-17-22/h9-12H,1,3-7,13-18H2. The van der Waals surface area contributed by atoms with Gasteiger partial charge in [0.25, 0.3) is 0 Å². The maximum atomic E-state index is 3.34. The largest absolute Gasteiger partial charge is 0.302 e. The molecule has 0 atom stereocenters. The molecule has 0 spiro atoms. The van der Waals surface area contributed by atoms with Crippen LogP contribution in [0, 0.1) is 11.8 Å². The molecule has 0 amide bonds. The van der Waals surface area contributed by atoms with Crippen LogP contribution in [0.15, 0.2) is 24.3 Å². The van der Waals surface area contributed by atoms with Gasteiger partial charge < -0.3 is 4.90 Å². The van der Waals surface area contributed by atoms with Gasteiger partial charge in [-0.25, -0.2) is 0 Å². The van der Waals surface area contributed by atoms with Crippen LogP contribution < -0.4 is 0 Å². The van der Waals surface area contributed by atoms with E-state index < -0.39 is 0 Å². The minimum absolute atomic E-state index is 0.996. The van der Waals surface area contributed by atoms with Gasteiger partial charge in [-0.2, -0.15) is 0 Å². The van der Waals surface area contributed by atoms with E-state index in [0.29, 0.717) is 0 Å². The highest BCUT2D eigenvalue weighted by Crippen LogP contribution is 2.13. The van der Waals surface area contributed by atoms with Gasteiger partial charge in [0, 0.05) is 25.1 Å². The van der Waals surface area contributed by atoms with Gasteiger partial charge in [0.2, 0.25) is 0 Å². The average molecular weight is 296 g/mol. The number of rotatable bonds is 4. The lowest BCUT2D eigenvalue weighted by Crippen LogP contribution is -2.30. The smallest absolute Gasteiger partial charge is 0.0245 e. The zero-order valence-electron chi connectivity index (χ0n) is 13.7. The Morgan fingerprint density at radius 2 is 1.41 bits per heavy atom. The number of hydrogen-bond acceptors (Lipinski definition) is 2. The van der Waals surface area contributed by atoms with Crippen LogP contribution in [0.4, 0.5) is 0 Å². The predicted molar refractivity (Wildman–Crippen MR) is 92.7 cm³/mol. The molecule has 22 heavy (non-hydrogen) atoms. The van der Waals surface area contributed by atoms with Crippen LogP contribution in [0.25, 0.3) is 0 Å². The summed E-state index contributed by atoms with van der Waals surface area (Å²) in [5.74, 6) is 6.65. The molecule has 1 aromatic carbocycles. The van der Waals surface area contributed by atoms with Crippen LogP contribution in [0.1, 0.15) is 49.7 Å². The molecule has 3 rings (SSSR count). The summed E-state index contributed by atoms with van der Waals surface area (Å²) >= 11 is 0. The SMILES string of the molecule is C(#Cc1ccc(CN2CCCC2)cc1)CCN1CCCCC1. The Hall–Kier alpha value is -1.30. The second kappa shape index (κ2) is 8.36. The van der Waals surface area contributed by atoms with Gasteiger partial charge in [-0.15, -0.1) is 0 Å². The second-order valence-corrected chi connectivity index (χ2v) is 6.63. The van der Waals surface area contributed by atoms with E-state index >= 15 is 0 Å². The molecule has 0 saturated carbocycles. The quantitative estimate of drug-likeness (QED) is 0.785. The Morgan fingerprint density at radius 3 is 2.14 bits per heavy atom. The van der Waals surface area contributed by atoms with Gasteiger partial charge in [0.1, 0.15) is 0 Å². The Morgan fingerprint density at radius 1 is 0.773 bits per heavy atom. The summed E-state index contributed by atoms with van der Waals surface area (Å²) in [4.78, 5) is 5.09. The molecule has 2 heterocycles. The highest BCUT2D eigenvalue weighted by atomic mass is 15.1. The van der Waals surface area contributed by atoms with Crippen molar-refractivity contribution < 1.29 is 0 Å². The molecule has 2 aliphatic rings. The average Bonchev–Trinajstić information content (AvgIpc) is 3.07. The van der Waals surface area contributed by atoms with Crippen molar-refractivity contribution in [2.45, 2.75) is 45.1 Å². The van der Waals surface area contributed by atoms with E-state index in [1.807, 2.05) is 0 Å². The lowest BCUT2D eigenvalue weighted by molar-refractivity contribution is 0.234. The summed E-state index contributed by atoms with van der Waals surface area (Å²) < 4.78 is 0. The van der Waals surface area contributed by atoms with E-state index in [2.05, 4.69) is 45.9 Å². The molecule has 0 aromatic heterocycles. The first-order chi connectivity index (χ1) is 10.9. The molecule has 2 fully saturated rings. The fourth-order valence-corrected chi connectivity index (χ4v) is 3.45. The van der Waals surface area contributed by atoms with Crippen molar-refractivity contribution in [3.05, 3.63) is 35.4 Å². The van der Waals surface area contributed by atoms with Crippen molar-refractivity contribution in [1.29, 1.82) is 0 Å². The van der Waals surface area contributed by atoms with Crippen molar-refractivity contribution in [3.8, 4) is 11.8 Å². The summed E-state index contributed by atoms with van der Waals surface area (Å²) in [5, 5.41) is 0. The Kier molecular flexibility index (Phi) is 5.93. The normalized spacial score (nSPS) is 19.8. The van der Waals surface area contributed by atoms with Crippen LogP contribution in [-0.4, -0.2) is 42.5 Å². The third-order valence-corrected chi connectivity index (χ3v) is 4.79. The molecular weight excluding hydrogens is 268 g/mol. The van der Waals surface area contributed by atoms with E-state index in [-0.39, 0.29) is 0 Å². The zero-order chi connectivity index (χ0) is 15.0. The van der Waals surface area contributed by atoms with E-state index in [9.17, 15) is 0 Å². The van der Waals surface area contributed by atoms with Crippen LogP contribution in [-0.2, 0) is 6.54 Å². The lowest BCUT2D eigenvalue weighted by Gasteiger charge is -2.25. The summed E-state index contributed by atoms with van der Waals surface area (Å²) in [5.41, 5.74) is 2.57. The van der Waals surface area contributed by atoms with Crippen molar-refractivity contribution in [2.75, 3.05) is 32.7 Å². The van der Waals surface area contributed by atoms with Gasteiger partial charge in [-0.1, -0.05) is 30.4 Å². The lowest BCUT2D eigenvalue weighted by atomic mass is 10.1. The van der Waals surface area contributed by atoms with Crippen molar-refractivity contribution in [3.63, 3.8) is 0 Å². The first-order valence-electron chi connectivity index (χ1n) is 8.93. The topological polar surface area (TPSA) is 6.48 Å². The summed E-state index contributed by atoms with van der Waals surface area (Å²) in [6.45, 7) is 7.30. The maximum absolute atomic E-state index is 3.34. The first-order valence-corrected chi connectivity index (χ1v) is 8.93. The molecule has 118 valence electrons. The van der Waals surface area contributed by atoms with Gasteiger partial charge in [0.05, 0.1) is 0 Å². The fourth-order valence-electron chi connectivity index (χ4n) is 3.45. The second-order valence-electron chi connectivity index (χ2n) is 6.63. The molecule has 2 aliphatic heterocycles. The molecule has 0 N–H and O–H groups in total. The molecule has 2 saturated heterocycles. The Bertz CT molecular complexity index is 497. The first kappa shape index (κ1) is 15.6. The third kappa shape index (κ3) is 4.87. The van der Waals surface area contributed by atoms with Crippen LogP contribution in [0.5, 0.6) is 0 Å². The maximum Gasteiger partial charge on any atom is 0.0245 e. The highest BCUT2D eigenvalue weighted by Gasteiger charge is 2.11. The zero-order valence-corrected chi connectivity index (χ0v) is 13.7. The third-order valence-electron chi connectivity index (χ3n) is 4.79. The van der Waals surface area contributed by atoms with Crippen LogP contribution >= 0.6 is 0 Å². The van der Waals surface area contributed by atoms with E-state index in [0.717, 1.165) is 25.1 Å². The fraction of sp³-hybridized carbons (Fsp3) is 0.600. The molecule has 0 aliphatic carbocycles. The predicted octanol–water partition coefficient (Wildman–Crippen LogP) is 3.51. The van der Waals surface area contributed by atoms with Gasteiger partial charge in [0.15, 0.2) is 0 Å². The van der Waals surface area contributed by atoms with Crippen LogP contribution in [0.3, 0.4) is 0 Å². The number of piperidine rings is 1. The number of nitrogens with zero attached hydrogens (tertiary/aromatic N) is 2. The molecular formula is C20H28N2. The molecule has 0 radical (unpaired) electrons. The van der Waals surface area contributed by atoms with Crippen molar-refractivity contribution in [1.82, 2.24) is 9.80 Å². The van der Waals surface area contributed by atoms with Crippen molar-refractivity contribution >= 4 is 0 Å². The van der Waals surface area contributed by atoms with Crippen molar-refractivity contribution in [2.24, 2.45) is 0 Å². The van der Waals surface area contributed by atoms with E-state index in [1.165, 1.54) is 63.8 Å². The van der Waals surface area contributed by atoms with E-state index in [1.54, 1.807) is 0 Å². The number of likely N-dealkylation sites (tertiary alicyclic amines) is 2. The summed E-state index contributed by atoms with van der Waals surface area (Å²) in [6.07, 6.45) is 7.86. The number of hydrogen-bond donors (Lipinski definition) is 0. The van der Waals surface area contributed by atoms with Gasteiger partial charge >= 0.3 is 0 Å². The molecule has 0 bridgehead atoms. The van der Waals surface area contributed by atoms with Crippen LogP contribution in [0.2, 0.25) is 0 Å². The molecule has 2 nitrogen and oxygen atoms in total. The molecule has 0 unspecified atom stereocenters.